The molecule has 2 aromatic rings. The molecule has 0 radical (unpaired) electrons. The van der Waals surface area contributed by atoms with E-state index < -0.39 is 0 Å². The van der Waals surface area contributed by atoms with E-state index >= 15 is 0 Å². The minimum absolute atomic E-state index is 0.0281. The van der Waals surface area contributed by atoms with Crippen LogP contribution < -0.4 is 0 Å². The van der Waals surface area contributed by atoms with E-state index in [9.17, 15) is 9.90 Å². The fourth-order valence-electron chi connectivity index (χ4n) is 3.25. The Morgan fingerprint density at radius 3 is 2.69 bits per heavy atom. The molecule has 6 heteroatoms. The van der Waals surface area contributed by atoms with E-state index in [1.807, 2.05) is 31.2 Å². The van der Waals surface area contributed by atoms with Crippen LogP contribution in [0.25, 0.3) is 11.3 Å². The lowest BCUT2D eigenvalue weighted by atomic mass is 10.1. The summed E-state index contributed by atoms with van der Waals surface area (Å²) in [4.78, 5) is 18.7. The summed E-state index contributed by atoms with van der Waals surface area (Å²) >= 11 is 0. The van der Waals surface area contributed by atoms with Crippen molar-refractivity contribution in [1.82, 2.24) is 9.88 Å². The molecule has 1 saturated heterocycles. The number of aliphatic hydroxyl groups excluding tert-OH is 1. The number of ether oxygens (including phenoxy) is 1. The van der Waals surface area contributed by atoms with Crippen LogP contribution in [0, 0.1) is 6.92 Å². The van der Waals surface area contributed by atoms with Gasteiger partial charge in [-0.15, -0.1) is 0 Å². The van der Waals surface area contributed by atoms with Crippen LogP contribution in [0.15, 0.2) is 34.9 Å². The lowest BCUT2D eigenvalue weighted by molar-refractivity contribution is -0.136. The number of amides is 1. The summed E-state index contributed by atoms with van der Waals surface area (Å²) in [5, 5.41) is 9.29. The highest BCUT2D eigenvalue weighted by Gasteiger charge is 2.25. The Balaban J connectivity index is 1.58. The van der Waals surface area contributed by atoms with Crippen molar-refractivity contribution in [2.24, 2.45) is 0 Å². The molecule has 3 rings (SSSR count). The smallest absolute Gasteiger partial charge is 0.223 e. The van der Waals surface area contributed by atoms with Gasteiger partial charge in [0.15, 0.2) is 11.7 Å². The number of hydrogen-bond donors (Lipinski definition) is 1. The molecule has 0 spiro atoms. The van der Waals surface area contributed by atoms with Crippen LogP contribution >= 0.6 is 0 Å². The lowest BCUT2D eigenvalue weighted by Crippen LogP contribution is -2.45. The largest absolute Gasteiger partial charge is 0.441 e. The molecule has 1 aliphatic heterocycles. The number of aryl methyl sites for hydroxylation is 2. The highest BCUT2D eigenvalue weighted by atomic mass is 16.5. The van der Waals surface area contributed by atoms with Crippen molar-refractivity contribution < 1.29 is 19.1 Å². The lowest BCUT2D eigenvalue weighted by Gasteiger charge is -2.34. The zero-order valence-electron chi connectivity index (χ0n) is 15.2. The molecule has 1 amide bonds. The van der Waals surface area contributed by atoms with E-state index in [4.69, 9.17) is 9.15 Å². The zero-order valence-corrected chi connectivity index (χ0v) is 15.2. The van der Waals surface area contributed by atoms with Gasteiger partial charge in [-0.3, -0.25) is 4.79 Å². The van der Waals surface area contributed by atoms with Gasteiger partial charge in [0, 0.05) is 44.2 Å². The van der Waals surface area contributed by atoms with Crippen LogP contribution in [0.5, 0.6) is 0 Å². The van der Waals surface area contributed by atoms with Gasteiger partial charge in [-0.2, -0.15) is 0 Å². The first-order valence-corrected chi connectivity index (χ1v) is 9.17. The molecule has 140 valence electrons. The Kier molecular flexibility index (Phi) is 6.41. The van der Waals surface area contributed by atoms with Crippen LogP contribution in [0.2, 0.25) is 0 Å². The molecule has 0 saturated carbocycles. The normalized spacial score (nSPS) is 15.2. The van der Waals surface area contributed by atoms with Crippen LogP contribution in [0.4, 0.5) is 0 Å². The van der Waals surface area contributed by atoms with E-state index in [1.165, 1.54) is 5.56 Å². The van der Waals surface area contributed by atoms with Crippen molar-refractivity contribution in [3.05, 3.63) is 41.9 Å². The SMILES string of the molecule is Cc1ccc(-c2cnc(CCC(=O)N(CCO)C3CCOCC3)o2)cc1. The molecule has 1 fully saturated rings. The highest BCUT2D eigenvalue weighted by molar-refractivity contribution is 5.76. The van der Waals surface area contributed by atoms with E-state index in [1.54, 1.807) is 11.1 Å². The van der Waals surface area contributed by atoms with Crippen LogP contribution in [-0.2, 0) is 16.0 Å². The number of oxazole rings is 1. The molecule has 0 atom stereocenters. The zero-order chi connectivity index (χ0) is 18.4. The van der Waals surface area contributed by atoms with E-state index in [2.05, 4.69) is 4.98 Å². The first-order chi connectivity index (χ1) is 12.7. The standard InChI is InChI=1S/C20H26N2O4/c1-15-2-4-16(5-3-15)18-14-21-19(26-18)6-7-20(24)22(10-11-23)17-8-12-25-13-9-17/h2-5,14,17,23H,6-13H2,1H3. The quantitative estimate of drug-likeness (QED) is 0.823. The Morgan fingerprint density at radius 2 is 2.00 bits per heavy atom. The summed E-state index contributed by atoms with van der Waals surface area (Å²) in [5.74, 6) is 1.30. The average Bonchev–Trinajstić information content (AvgIpc) is 3.14. The number of rotatable bonds is 7. The van der Waals surface area contributed by atoms with Gasteiger partial charge in [0.05, 0.1) is 12.8 Å². The van der Waals surface area contributed by atoms with Crippen LogP contribution in [-0.4, -0.2) is 53.3 Å². The minimum atomic E-state index is -0.0281. The van der Waals surface area contributed by atoms with Crippen molar-refractivity contribution in [3.8, 4) is 11.3 Å². The molecule has 26 heavy (non-hydrogen) atoms. The predicted octanol–water partition coefficient (Wildman–Crippen LogP) is 2.58. The fourth-order valence-corrected chi connectivity index (χ4v) is 3.25. The molecule has 0 aliphatic carbocycles. The number of aliphatic hydroxyl groups is 1. The second-order valence-electron chi connectivity index (χ2n) is 6.64. The number of hydrogen-bond acceptors (Lipinski definition) is 5. The maximum atomic E-state index is 12.6. The number of carbonyl (C=O) groups is 1. The summed E-state index contributed by atoms with van der Waals surface area (Å²) in [6, 6.07) is 8.21. The van der Waals surface area contributed by atoms with E-state index in [-0.39, 0.29) is 18.6 Å². The second-order valence-corrected chi connectivity index (χ2v) is 6.64. The molecular formula is C20H26N2O4. The summed E-state index contributed by atoms with van der Waals surface area (Å²) in [6.07, 6.45) is 4.13. The Bertz CT molecular complexity index is 705. The molecule has 1 aromatic heterocycles. The molecular weight excluding hydrogens is 332 g/mol. The monoisotopic (exact) mass is 358 g/mol. The number of nitrogens with zero attached hydrogens (tertiary/aromatic N) is 2. The van der Waals surface area contributed by atoms with Crippen molar-refractivity contribution in [3.63, 3.8) is 0 Å². The van der Waals surface area contributed by atoms with Crippen molar-refractivity contribution >= 4 is 5.91 Å². The summed E-state index contributed by atoms with van der Waals surface area (Å²) in [5.41, 5.74) is 2.17. The third-order valence-electron chi connectivity index (χ3n) is 4.74. The van der Waals surface area contributed by atoms with Crippen LogP contribution in [0.1, 0.15) is 30.7 Å². The Labute approximate surface area is 153 Å². The Hall–Kier alpha value is -2.18. The van der Waals surface area contributed by atoms with Crippen molar-refractivity contribution in [2.45, 2.75) is 38.6 Å². The van der Waals surface area contributed by atoms with Gasteiger partial charge in [0.2, 0.25) is 5.91 Å². The summed E-state index contributed by atoms with van der Waals surface area (Å²) in [7, 11) is 0. The third kappa shape index (κ3) is 4.71. The van der Waals surface area contributed by atoms with Crippen LogP contribution in [0.3, 0.4) is 0 Å². The first kappa shape index (κ1) is 18.6. The molecule has 2 heterocycles. The van der Waals surface area contributed by atoms with Crippen molar-refractivity contribution in [2.75, 3.05) is 26.4 Å². The van der Waals surface area contributed by atoms with Gasteiger partial charge in [0.1, 0.15) is 0 Å². The molecule has 1 N–H and O–H groups in total. The summed E-state index contributed by atoms with van der Waals surface area (Å²) in [6.45, 7) is 3.71. The number of aromatic nitrogens is 1. The van der Waals surface area contributed by atoms with Gasteiger partial charge in [0.25, 0.3) is 0 Å². The number of benzene rings is 1. The maximum Gasteiger partial charge on any atom is 0.223 e. The Morgan fingerprint density at radius 1 is 1.27 bits per heavy atom. The molecule has 6 nitrogen and oxygen atoms in total. The minimum Gasteiger partial charge on any atom is -0.441 e. The predicted molar refractivity (Wildman–Crippen MR) is 97.6 cm³/mol. The van der Waals surface area contributed by atoms with E-state index in [0.717, 1.165) is 18.4 Å². The molecule has 0 bridgehead atoms. The second kappa shape index (κ2) is 8.96. The first-order valence-electron chi connectivity index (χ1n) is 9.17. The van der Waals surface area contributed by atoms with Gasteiger partial charge in [-0.1, -0.05) is 29.8 Å². The average molecular weight is 358 g/mol. The van der Waals surface area contributed by atoms with Gasteiger partial charge >= 0.3 is 0 Å². The third-order valence-corrected chi connectivity index (χ3v) is 4.74. The molecule has 1 aromatic carbocycles. The van der Waals surface area contributed by atoms with Gasteiger partial charge in [-0.25, -0.2) is 4.98 Å². The summed E-state index contributed by atoms with van der Waals surface area (Å²) < 4.78 is 11.2. The number of carbonyl (C=O) groups excluding carboxylic acids is 1. The van der Waals surface area contributed by atoms with Gasteiger partial charge in [-0.05, 0) is 19.8 Å². The van der Waals surface area contributed by atoms with E-state index in [0.29, 0.717) is 44.3 Å². The molecule has 1 aliphatic rings. The topological polar surface area (TPSA) is 75.8 Å². The van der Waals surface area contributed by atoms with Crippen molar-refractivity contribution in [1.29, 1.82) is 0 Å². The fraction of sp³-hybridized carbons (Fsp3) is 0.500. The van der Waals surface area contributed by atoms with Gasteiger partial charge < -0.3 is 19.2 Å². The highest BCUT2D eigenvalue weighted by Crippen LogP contribution is 2.22. The maximum absolute atomic E-state index is 12.6. The molecule has 0 unspecified atom stereocenters.